The predicted molar refractivity (Wildman–Crippen MR) is 119 cm³/mol. The second kappa shape index (κ2) is 12.4. The Hall–Kier alpha value is -3.22. The standard InChI is InChI=1S/C23H30N4O3/c1-27(2)21-15-13-20(14-16-21)26-25-19-11-9-18(10-12-19)23(29)24-17-7-5-4-6-8-22(28)30-3/h9-16H,4-8,17H2,1-3H3,(H,24,29)/b26-25+. The molecule has 1 amide bonds. The SMILES string of the molecule is COC(=O)CCCCCCNC(=O)c1ccc(/N=N/c2ccc(N(C)C)cc2)cc1. The highest BCUT2D eigenvalue weighted by Gasteiger charge is 2.05. The van der Waals surface area contributed by atoms with Crippen LogP contribution in [0, 0.1) is 0 Å². The van der Waals surface area contributed by atoms with Gasteiger partial charge < -0.3 is 15.0 Å². The lowest BCUT2D eigenvalue weighted by atomic mass is 10.1. The lowest BCUT2D eigenvalue weighted by Gasteiger charge is -2.11. The number of methoxy groups -OCH3 is 1. The van der Waals surface area contributed by atoms with Gasteiger partial charge in [-0.3, -0.25) is 9.59 Å². The molecule has 7 heteroatoms. The molecule has 0 heterocycles. The fraction of sp³-hybridized carbons (Fsp3) is 0.391. The van der Waals surface area contributed by atoms with Crippen LogP contribution in [0.25, 0.3) is 0 Å². The first kappa shape index (κ1) is 23.1. The van der Waals surface area contributed by atoms with Gasteiger partial charge in [-0.2, -0.15) is 10.2 Å². The van der Waals surface area contributed by atoms with Gasteiger partial charge in [-0.15, -0.1) is 0 Å². The first-order valence-electron chi connectivity index (χ1n) is 10.1. The van der Waals surface area contributed by atoms with Crippen molar-refractivity contribution in [1.82, 2.24) is 5.32 Å². The molecular weight excluding hydrogens is 380 g/mol. The maximum absolute atomic E-state index is 12.2. The van der Waals surface area contributed by atoms with Crippen LogP contribution in [-0.2, 0) is 9.53 Å². The molecule has 0 radical (unpaired) electrons. The van der Waals surface area contributed by atoms with Crippen molar-refractivity contribution in [2.75, 3.05) is 32.6 Å². The Morgan fingerprint density at radius 2 is 1.43 bits per heavy atom. The first-order chi connectivity index (χ1) is 14.5. The summed E-state index contributed by atoms with van der Waals surface area (Å²) in [6.07, 6.45) is 4.06. The molecule has 160 valence electrons. The van der Waals surface area contributed by atoms with E-state index in [-0.39, 0.29) is 11.9 Å². The second-order valence-corrected chi connectivity index (χ2v) is 7.15. The van der Waals surface area contributed by atoms with E-state index >= 15 is 0 Å². The summed E-state index contributed by atoms with van der Waals surface area (Å²) in [7, 11) is 5.38. The van der Waals surface area contributed by atoms with Crippen LogP contribution in [0.5, 0.6) is 0 Å². The molecule has 0 aliphatic carbocycles. The third kappa shape index (κ3) is 8.03. The molecule has 0 atom stereocenters. The van der Waals surface area contributed by atoms with Gasteiger partial charge in [0.1, 0.15) is 0 Å². The number of nitrogens with zero attached hydrogens (tertiary/aromatic N) is 3. The van der Waals surface area contributed by atoms with Crippen LogP contribution in [0.15, 0.2) is 58.8 Å². The number of carbonyl (C=O) groups is 2. The molecule has 2 aromatic rings. The monoisotopic (exact) mass is 410 g/mol. The summed E-state index contributed by atoms with van der Waals surface area (Å²) in [5.41, 5.74) is 3.16. The van der Waals surface area contributed by atoms with Gasteiger partial charge in [-0.25, -0.2) is 0 Å². The minimum absolute atomic E-state index is 0.104. The van der Waals surface area contributed by atoms with E-state index in [4.69, 9.17) is 0 Å². The van der Waals surface area contributed by atoms with Gasteiger partial charge in [0.15, 0.2) is 0 Å². The molecule has 2 aromatic carbocycles. The van der Waals surface area contributed by atoms with Crippen molar-refractivity contribution in [2.24, 2.45) is 10.2 Å². The summed E-state index contributed by atoms with van der Waals surface area (Å²) in [4.78, 5) is 25.3. The zero-order valence-corrected chi connectivity index (χ0v) is 17.9. The Morgan fingerprint density at radius 1 is 0.867 bits per heavy atom. The number of esters is 1. The van der Waals surface area contributed by atoms with Crippen LogP contribution in [0.1, 0.15) is 42.5 Å². The van der Waals surface area contributed by atoms with Crippen molar-refractivity contribution in [1.29, 1.82) is 0 Å². The molecule has 0 unspecified atom stereocenters. The number of nitrogens with one attached hydrogen (secondary N) is 1. The Labute approximate surface area is 178 Å². The molecule has 0 fully saturated rings. The van der Waals surface area contributed by atoms with Gasteiger partial charge in [0.2, 0.25) is 0 Å². The average molecular weight is 411 g/mol. The largest absolute Gasteiger partial charge is 0.469 e. The van der Waals surface area contributed by atoms with Gasteiger partial charge in [0.05, 0.1) is 18.5 Å². The molecular formula is C23H30N4O3. The van der Waals surface area contributed by atoms with Crippen LogP contribution < -0.4 is 10.2 Å². The molecule has 0 aliphatic rings. The van der Waals surface area contributed by atoms with E-state index in [0.29, 0.717) is 24.2 Å². The van der Waals surface area contributed by atoms with Crippen molar-refractivity contribution >= 4 is 28.9 Å². The predicted octanol–water partition coefficient (Wildman–Crippen LogP) is 5.02. The normalized spacial score (nSPS) is 10.8. The Kier molecular flexibility index (Phi) is 9.51. The highest BCUT2D eigenvalue weighted by molar-refractivity contribution is 5.94. The van der Waals surface area contributed by atoms with Crippen LogP contribution in [-0.4, -0.2) is 39.6 Å². The Bertz CT molecular complexity index is 831. The number of unbranched alkanes of at least 4 members (excludes halogenated alkanes) is 3. The van der Waals surface area contributed by atoms with Crippen molar-refractivity contribution in [2.45, 2.75) is 32.1 Å². The first-order valence-corrected chi connectivity index (χ1v) is 10.1. The number of hydrogen-bond donors (Lipinski definition) is 1. The average Bonchev–Trinajstić information content (AvgIpc) is 2.77. The van der Waals surface area contributed by atoms with Crippen LogP contribution in [0.2, 0.25) is 0 Å². The minimum Gasteiger partial charge on any atom is -0.469 e. The van der Waals surface area contributed by atoms with Crippen molar-refractivity contribution < 1.29 is 14.3 Å². The van der Waals surface area contributed by atoms with E-state index in [1.54, 1.807) is 24.3 Å². The summed E-state index contributed by atoms with van der Waals surface area (Å²) in [5.74, 6) is -0.277. The molecule has 2 rings (SSSR count). The lowest BCUT2D eigenvalue weighted by Crippen LogP contribution is -2.24. The third-order valence-electron chi connectivity index (χ3n) is 4.60. The summed E-state index contributed by atoms with van der Waals surface area (Å²) in [6, 6.07) is 14.8. The second-order valence-electron chi connectivity index (χ2n) is 7.15. The summed E-state index contributed by atoms with van der Waals surface area (Å²) in [6.45, 7) is 0.613. The molecule has 0 aliphatic heterocycles. The van der Waals surface area contributed by atoms with E-state index in [1.165, 1.54) is 7.11 Å². The number of rotatable bonds is 11. The molecule has 1 N–H and O–H groups in total. The van der Waals surface area contributed by atoms with Gasteiger partial charge in [-0.05, 0) is 61.4 Å². The maximum atomic E-state index is 12.2. The zero-order chi connectivity index (χ0) is 21.8. The van der Waals surface area contributed by atoms with Gasteiger partial charge in [0.25, 0.3) is 5.91 Å². The Balaban J connectivity index is 1.72. The summed E-state index contributed by atoms with van der Waals surface area (Å²) in [5, 5.41) is 11.4. The highest BCUT2D eigenvalue weighted by atomic mass is 16.5. The number of ether oxygens (including phenoxy) is 1. The van der Waals surface area contributed by atoms with E-state index in [0.717, 1.165) is 37.1 Å². The number of anilines is 1. The minimum atomic E-state index is -0.173. The number of carbonyl (C=O) groups excluding carboxylic acids is 2. The molecule has 7 nitrogen and oxygen atoms in total. The maximum Gasteiger partial charge on any atom is 0.305 e. The topological polar surface area (TPSA) is 83.4 Å². The molecule has 0 bridgehead atoms. The molecule has 0 spiro atoms. The van der Waals surface area contributed by atoms with Crippen LogP contribution in [0.4, 0.5) is 17.1 Å². The van der Waals surface area contributed by atoms with Crippen molar-refractivity contribution in [3.63, 3.8) is 0 Å². The number of amides is 1. The number of azo groups is 1. The summed E-state index contributed by atoms with van der Waals surface area (Å²) >= 11 is 0. The fourth-order valence-corrected chi connectivity index (χ4v) is 2.77. The van der Waals surface area contributed by atoms with E-state index in [9.17, 15) is 9.59 Å². The van der Waals surface area contributed by atoms with E-state index in [1.807, 2.05) is 43.3 Å². The quantitative estimate of drug-likeness (QED) is 0.320. The van der Waals surface area contributed by atoms with E-state index < -0.39 is 0 Å². The van der Waals surface area contributed by atoms with Crippen LogP contribution in [0.3, 0.4) is 0 Å². The molecule has 30 heavy (non-hydrogen) atoms. The smallest absolute Gasteiger partial charge is 0.305 e. The Morgan fingerprint density at radius 3 is 2.00 bits per heavy atom. The lowest BCUT2D eigenvalue weighted by molar-refractivity contribution is -0.140. The third-order valence-corrected chi connectivity index (χ3v) is 4.60. The van der Waals surface area contributed by atoms with Crippen molar-refractivity contribution in [3.05, 3.63) is 54.1 Å². The van der Waals surface area contributed by atoms with Gasteiger partial charge in [0, 0.05) is 38.3 Å². The number of benzene rings is 2. The van der Waals surface area contributed by atoms with Crippen molar-refractivity contribution in [3.8, 4) is 0 Å². The zero-order valence-electron chi connectivity index (χ0n) is 17.9. The van der Waals surface area contributed by atoms with E-state index in [2.05, 4.69) is 20.3 Å². The fourth-order valence-electron chi connectivity index (χ4n) is 2.77. The molecule has 0 saturated heterocycles. The molecule has 0 aromatic heterocycles. The van der Waals surface area contributed by atoms with Crippen LogP contribution >= 0.6 is 0 Å². The number of hydrogen-bond acceptors (Lipinski definition) is 6. The summed E-state index contributed by atoms with van der Waals surface area (Å²) < 4.78 is 4.61. The molecule has 0 saturated carbocycles. The van der Waals surface area contributed by atoms with Gasteiger partial charge in [-0.1, -0.05) is 12.8 Å². The van der Waals surface area contributed by atoms with Gasteiger partial charge >= 0.3 is 5.97 Å². The highest BCUT2D eigenvalue weighted by Crippen LogP contribution is 2.21.